The van der Waals surface area contributed by atoms with Gasteiger partial charge in [0.2, 0.25) is 0 Å². The zero-order chi connectivity index (χ0) is 12.7. The van der Waals surface area contributed by atoms with E-state index in [2.05, 4.69) is 5.32 Å². The van der Waals surface area contributed by atoms with Gasteiger partial charge < -0.3 is 14.8 Å². The second-order valence-corrected chi connectivity index (χ2v) is 3.73. The number of rotatable bonds is 6. The highest BCUT2D eigenvalue weighted by Crippen LogP contribution is 2.19. The lowest BCUT2D eigenvalue weighted by molar-refractivity contribution is -0.127. The zero-order valence-electron chi connectivity index (χ0n) is 10.5. The largest absolute Gasteiger partial charge is 0.497 e. The van der Waals surface area contributed by atoms with Crippen LogP contribution in [-0.4, -0.2) is 25.7 Å². The third-order valence-electron chi connectivity index (χ3n) is 2.27. The van der Waals surface area contributed by atoms with Gasteiger partial charge in [-0.05, 0) is 25.5 Å². The molecule has 1 amide bonds. The van der Waals surface area contributed by atoms with Crippen molar-refractivity contribution in [1.29, 1.82) is 0 Å². The van der Waals surface area contributed by atoms with Gasteiger partial charge in [0.25, 0.3) is 5.91 Å². The van der Waals surface area contributed by atoms with Gasteiger partial charge in [-0.25, -0.2) is 0 Å². The van der Waals surface area contributed by atoms with Gasteiger partial charge in [-0.1, -0.05) is 13.0 Å². The van der Waals surface area contributed by atoms with E-state index in [0.717, 1.165) is 6.42 Å². The van der Waals surface area contributed by atoms with Gasteiger partial charge in [-0.15, -0.1) is 0 Å². The van der Waals surface area contributed by atoms with Crippen LogP contribution in [0.1, 0.15) is 20.3 Å². The Labute approximate surface area is 102 Å². The Hall–Kier alpha value is -1.71. The number of hydrogen-bond acceptors (Lipinski definition) is 3. The molecule has 4 nitrogen and oxygen atoms in total. The summed E-state index contributed by atoms with van der Waals surface area (Å²) in [7, 11) is 1.59. The Morgan fingerprint density at radius 2 is 2.12 bits per heavy atom. The standard InChI is InChI=1S/C13H19NO3/c1-4-8-14-13(15)10(2)17-12-7-5-6-11(9-12)16-3/h5-7,9-10H,4,8H2,1-3H3,(H,14,15)/t10-/m1/s1. The SMILES string of the molecule is CCCNC(=O)[C@@H](C)Oc1cccc(OC)c1. The van der Waals surface area contributed by atoms with Gasteiger partial charge in [0.05, 0.1) is 7.11 Å². The molecule has 0 spiro atoms. The number of ether oxygens (including phenoxy) is 2. The maximum absolute atomic E-state index is 11.6. The van der Waals surface area contributed by atoms with Crippen LogP contribution in [0.3, 0.4) is 0 Å². The Bertz CT molecular complexity index is 365. The predicted octanol–water partition coefficient (Wildman–Crippen LogP) is 1.99. The van der Waals surface area contributed by atoms with Gasteiger partial charge in [-0.3, -0.25) is 4.79 Å². The van der Waals surface area contributed by atoms with Crippen LogP contribution in [0.5, 0.6) is 11.5 Å². The van der Waals surface area contributed by atoms with E-state index >= 15 is 0 Å². The summed E-state index contributed by atoms with van der Waals surface area (Å²) < 4.78 is 10.6. The topological polar surface area (TPSA) is 47.6 Å². The minimum atomic E-state index is -0.506. The molecule has 0 saturated carbocycles. The second kappa shape index (κ2) is 6.78. The van der Waals surface area contributed by atoms with Gasteiger partial charge >= 0.3 is 0 Å². The number of methoxy groups -OCH3 is 1. The molecule has 0 aliphatic carbocycles. The molecule has 1 rings (SSSR count). The maximum Gasteiger partial charge on any atom is 0.260 e. The molecule has 94 valence electrons. The summed E-state index contributed by atoms with van der Waals surface area (Å²) in [6.45, 7) is 4.41. The van der Waals surface area contributed by atoms with Gasteiger partial charge in [-0.2, -0.15) is 0 Å². The molecule has 0 bridgehead atoms. The van der Waals surface area contributed by atoms with Crippen LogP contribution in [0.2, 0.25) is 0 Å². The van der Waals surface area contributed by atoms with E-state index in [4.69, 9.17) is 9.47 Å². The molecule has 1 aromatic rings. The molecule has 4 heteroatoms. The number of carbonyl (C=O) groups excluding carboxylic acids is 1. The molecule has 0 aromatic heterocycles. The second-order valence-electron chi connectivity index (χ2n) is 3.73. The van der Waals surface area contributed by atoms with Crippen LogP contribution in [0.4, 0.5) is 0 Å². The Balaban J connectivity index is 2.54. The number of hydrogen-bond donors (Lipinski definition) is 1. The summed E-state index contributed by atoms with van der Waals surface area (Å²) in [4.78, 5) is 11.6. The van der Waals surface area contributed by atoms with E-state index < -0.39 is 6.10 Å². The highest BCUT2D eigenvalue weighted by atomic mass is 16.5. The van der Waals surface area contributed by atoms with Gasteiger partial charge in [0, 0.05) is 12.6 Å². The Kier molecular flexibility index (Phi) is 5.33. The summed E-state index contributed by atoms with van der Waals surface area (Å²) in [5.74, 6) is 1.24. The molecule has 0 aliphatic heterocycles. The minimum Gasteiger partial charge on any atom is -0.497 e. The van der Waals surface area contributed by atoms with Crippen LogP contribution < -0.4 is 14.8 Å². The minimum absolute atomic E-state index is 0.102. The first kappa shape index (κ1) is 13.4. The highest BCUT2D eigenvalue weighted by Gasteiger charge is 2.13. The highest BCUT2D eigenvalue weighted by molar-refractivity contribution is 5.80. The van der Waals surface area contributed by atoms with Crippen LogP contribution >= 0.6 is 0 Å². The van der Waals surface area contributed by atoms with E-state index in [9.17, 15) is 4.79 Å². The van der Waals surface area contributed by atoms with E-state index in [1.807, 2.05) is 19.1 Å². The summed E-state index contributed by atoms with van der Waals surface area (Å²) in [6.07, 6.45) is 0.408. The van der Waals surface area contributed by atoms with Crippen LogP contribution in [0.15, 0.2) is 24.3 Å². The maximum atomic E-state index is 11.6. The van der Waals surface area contributed by atoms with Crippen molar-refractivity contribution in [3.05, 3.63) is 24.3 Å². The predicted molar refractivity (Wildman–Crippen MR) is 66.4 cm³/mol. The molecular weight excluding hydrogens is 218 g/mol. The van der Waals surface area contributed by atoms with Gasteiger partial charge in [0.1, 0.15) is 11.5 Å². The summed E-state index contributed by atoms with van der Waals surface area (Å²) >= 11 is 0. The third-order valence-corrected chi connectivity index (χ3v) is 2.27. The number of carbonyl (C=O) groups is 1. The molecule has 1 atom stereocenters. The number of nitrogens with one attached hydrogen (secondary N) is 1. The van der Waals surface area contributed by atoms with Crippen LogP contribution in [0, 0.1) is 0 Å². The smallest absolute Gasteiger partial charge is 0.260 e. The van der Waals surface area contributed by atoms with Crippen molar-refractivity contribution < 1.29 is 14.3 Å². The molecule has 1 N–H and O–H groups in total. The first-order valence-corrected chi connectivity index (χ1v) is 5.75. The van der Waals surface area contributed by atoms with Crippen molar-refractivity contribution in [3.63, 3.8) is 0 Å². The van der Waals surface area contributed by atoms with E-state index in [1.165, 1.54) is 0 Å². The van der Waals surface area contributed by atoms with Crippen molar-refractivity contribution in [2.75, 3.05) is 13.7 Å². The third kappa shape index (κ3) is 4.34. The van der Waals surface area contributed by atoms with Crippen molar-refractivity contribution in [3.8, 4) is 11.5 Å². The normalized spacial score (nSPS) is 11.7. The number of benzene rings is 1. The molecule has 0 heterocycles. The molecule has 17 heavy (non-hydrogen) atoms. The van der Waals surface area contributed by atoms with Gasteiger partial charge in [0.15, 0.2) is 6.10 Å². The van der Waals surface area contributed by atoms with Crippen molar-refractivity contribution in [2.45, 2.75) is 26.4 Å². The lowest BCUT2D eigenvalue weighted by Gasteiger charge is -2.14. The fourth-order valence-corrected chi connectivity index (χ4v) is 1.32. The fraction of sp³-hybridized carbons (Fsp3) is 0.462. The molecule has 1 aromatic carbocycles. The van der Waals surface area contributed by atoms with Crippen molar-refractivity contribution >= 4 is 5.91 Å². The Morgan fingerprint density at radius 3 is 2.76 bits per heavy atom. The van der Waals surface area contributed by atoms with Crippen LogP contribution in [-0.2, 0) is 4.79 Å². The van der Waals surface area contributed by atoms with Crippen molar-refractivity contribution in [1.82, 2.24) is 5.32 Å². The van der Waals surface area contributed by atoms with Crippen LogP contribution in [0.25, 0.3) is 0 Å². The summed E-state index contributed by atoms with van der Waals surface area (Å²) in [5, 5.41) is 2.79. The molecule has 0 aliphatic rings. The first-order valence-electron chi connectivity index (χ1n) is 5.75. The zero-order valence-corrected chi connectivity index (χ0v) is 10.5. The first-order chi connectivity index (χ1) is 8.17. The molecular formula is C13H19NO3. The summed E-state index contributed by atoms with van der Waals surface area (Å²) in [5.41, 5.74) is 0. The van der Waals surface area contributed by atoms with E-state index in [-0.39, 0.29) is 5.91 Å². The quantitative estimate of drug-likeness (QED) is 0.823. The molecule has 0 saturated heterocycles. The fourth-order valence-electron chi connectivity index (χ4n) is 1.32. The molecule has 0 radical (unpaired) electrons. The van der Waals surface area contributed by atoms with E-state index in [1.54, 1.807) is 26.2 Å². The molecule has 0 unspecified atom stereocenters. The lowest BCUT2D eigenvalue weighted by Crippen LogP contribution is -2.36. The molecule has 0 fully saturated rings. The monoisotopic (exact) mass is 237 g/mol. The lowest BCUT2D eigenvalue weighted by atomic mass is 10.3. The number of amides is 1. The Morgan fingerprint density at radius 1 is 1.41 bits per heavy atom. The summed E-state index contributed by atoms with van der Waals surface area (Å²) in [6, 6.07) is 7.20. The van der Waals surface area contributed by atoms with Crippen molar-refractivity contribution in [2.24, 2.45) is 0 Å². The average molecular weight is 237 g/mol. The van der Waals surface area contributed by atoms with E-state index in [0.29, 0.717) is 18.0 Å². The average Bonchev–Trinajstić information content (AvgIpc) is 2.36.